The van der Waals surface area contributed by atoms with Crippen LogP contribution in [0.3, 0.4) is 0 Å². The Morgan fingerprint density at radius 3 is 2.54 bits per heavy atom. The molecule has 3 rings (SSSR count). The highest BCUT2D eigenvalue weighted by molar-refractivity contribution is 7.16. The average molecular weight is 370 g/mol. The lowest BCUT2D eigenvalue weighted by Gasteiger charge is -2.10. The van der Waals surface area contributed by atoms with Crippen molar-refractivity contribution in [2.45, 2.75) is 20.4 Å². The highest BCUT2D eigenvalue weighted by atomic mass is 32.1. The molecule has 6 nitrogen and oxygen atoms in total. The molecule has 1 amide bonds. The number of hydrogen-bond donors (Lipinski definition) is 1. The van der Waals surface area contributed by atoms with Crippen LogP contribution in [0.15, 0.2) is 41.8 Å². The summed E-state index contributed by atoms with van der Waals surface area (Å²) in [5, 5.41) is 5.59. The zero-order chi connectivity index (χ0) is 18.7. The van der Waals surface area contributed by atoms with Gasteiger partial charge in [-0.2, -0.15) is 0 Å². The molecular weight excluding hydrogens is 352 g/mol. The summed E-state index contributed by atoms with van der Waals surface area (Å²) in [6.07, 6.45) is 0. The predicted octanol–water partition coefficient (Wildman–Crippen LogP) is 3.72. The van der Waals surface area contributed by atoms with Crippen LogP contribution in [0.4, 0.5) is 5.69 Å². The molecule has 0 saturated carbocycles. The Balaban J connectivity index is 1.80. The van der Waals surface area contributed by atoms with E-state index in [-0.39, 0.29) is 24.8 Å². The first-order chi connectivity index (χ1) is 12.5. The van der Waals surface area contributed by atoms with E-state index in [9.17, 15) is 14.4 Å². The second-order valence-electron chi connectivity index (χ2n) is 5.70. The van der Waals surface area contributed by atoms with Crippen LogP contribution in [-0.2, 0) is 16.1 Å². The van der Waals surface area contributed by atoms with Gasteiger partial charge in [-0.05, 0) is 55.6 Å². The van der Waals surface area contributed by atoms with Crippen molar-refractivity contribution in [3.8, 4) is 0 Å². The van der Waals surface area contributed by atoms with Crippen molar-refractivity contribution >= 4 is 44.9 Å². The molecule has 7 heteroatoms. The summed E-state index contributed by atoms with van der Waals surface area (Å²) in [6.45, 7) is 3.49. The quantitative estimate of drug-likeness (QED) is 0.530. The number of nitrogens with zero attached hydrogens (tertiary/aromatic N) is 1. The molecule has 0 unspecified atom stereocenters. The average Bonchev–Trinajstić information content (AvgIpc) is 3.18. The van der Waals surface area contributed by atoms with Gasteiger partial charge in [0.05, 0.1) is 6.61 Å². The third-order valence-corrected chi connectivity index (χ3v) is 4.82. The molecule has 2 heterocycles. The number of rotatable bonds is 6. The van der Waals surface area contributed by atoms with Crippen molar-refractivity contribution in [1.82, 2.24) is 4.57 Å². The molecule has 3 aromatic rings. The lowest BCUT2D eigenvalue weighted by atomic mass is 10.1. The first kappa shape index (κ1) is 17.9. The van der Waals surface area contributed by atoms with E-state index >= 15 is 0 Å². The molecule has 0 aliphatic heterocycles. The minimum Gasteiger partial charge on any atom is -0.461 e. The van der Waals surface area contributed by atoms with Crippen LogP contribution >= 0.6 is 11.3 Å². The number of esters is 1. The number of carbonyl (C=O) groups excluding carboxylic acids is 3. The Bertz CT molecular complexity index is 969. The van der Waals surface area contributed by atoms with Gasteiger partial charge in [0.25, 0.3) is 0 Å². The van der Waals surface area contributed by atoms with Crippen molar-refractivity contribution < 1.29 is 19.1 Å². The number of nitrogens with one attached hydrogen (secondary N) is 1. The Morgan fingerprint density at radius 1 is 1.15 bits per heavy atom. The van der Waals surface area contributed by atoms with Crippen molar-refractivity contribution in [3.05, 3.63) is 53.0 Å². The van der Waals surface area contributed by atoms with Crippen LogP contribution in [0.25, 0.3) is 10.2 Å². The number of Topliss-reactive ketones (excluding diaryl/α,β-unsaturated/α-hetero) is 1. The Morgan fingerprint density at radius 2 is 1.88 bits per heavy atom. The number of ether oxygens (including phenoxy) is 1. The number of ketones is 1. The maximum Gasteiger partial charge on any atom is 0.355 e. The lowest BCUT2D eigenvalue weighted by molar-refractivity contribution is -0.116. The third-order valence-electron chi connectivity index (χ3n) is 3.86. The normalized spacial score (nSPS) is 10.7. The first-order valence-corrected chi connectivity index (χ1v) is 9.02. The maximum atomic E-state index is 12.5. The highest BCUT2D eigenvalue weighted by Gasteiger charge is 2.19. The summed E-state index contributed by atoms with van der Waals surface area (Å²) in [5.41, 5.74) is 1.53. The summed E-state index contributed by atoms with van der Waals surface area (Å²) in [4.78, 5) is 36.8. The first-order valence-electron chi connectivity index (χ1n) is 8.14. The summed E-state index contributed by atoms with van der Waals surface area (Å²) in [6, 6.07) is 10.3. The van der Waals surface area contributed by atoms with Crippen LogP contribution in [0.1, 0.15) is 34.7 Å². The molecule has 2 aromatic heterocycles. The van der Waals surface area contributed by atoms with Gasteiger partial charge in [0, 0.05) is 16.6 Å². The molecule has 0 saturated heterocycles. The van der Waals surface area contributed by atoms with E-state index in [1.165, 1.54) is 18.3 Å². The van der Waals surface area contributed by atoms with Gasteiger partial charge in [-0.1, -0.05) is 0 Å². The van der Waals surface area contributed by atoms with Gasteiger partial charge >= 0.3 is 5.97 Å². The largest absolute Gasteiger partial charge is 0.461 e. The smallest absolute Gasteiger partial charge is 0.355 e. The van der Waals surface area contributed by atoms with E-state index in [4.69, 9.17) is 4.74 Å². The summed E-state index contributed by atoms with van der Waals surface area (Å²) in [7, 11) is 0. The van der Waals surface area contributed by atoms with Gasteiger partial charge in [-0.3, -0.25) is 9.59 Å². The molecule has 1 N–H and O–H groups in total. The van der Waals surface area contributed by atoms with Crippen LogP contribution < -0.4 is 5.32 Å². The fourth-order valence-electron chi connectivity index (χ4n) is 2.64. The minimum atomic E-state index is -0.450. The molecule has 1 aromatic carbocycles. The zero-order valence-electron chi connectivity index (χ0n) is 14.4. The van der Waals surface area contributed by atoms with Gasteiger partial charge in [-0.15, -0.1) is 11.3 Å². The Labute approximate surface area is 154 Å². The number of amides is 1. The molecule has 0 aliphatic carbocycles. The van der Waals surface area contributed by atoms with Gasteiger partial charge in [0.15, 0.2) is 5.78 Å². The molecule has 0 bridgehead atoms. The topological polar surface area (TPSA) is 77.4 Å². The van der Waals surface area contributed by atoms with E-state index < -0.39 is 5.97 Å². The van der Waals surface area contributed by atoms with E-state index in [0.29, 0.717) is 16.9 Å². The number of fused-ring (bicyclic) bond motifs is 1. The van der Waals surface area contributed by atoms with Crippen LogP contribution in [0, 0.1) is 0 Å². The minimum absolute atomic E-state index is 0.00732. The molecule has 26 heavy (non-hydrogen) atoms. The number of thiophene rings is 1. The van der Waals surface area contributed by atoms with E-state index in [0.717, 1.165) is 10.2 Å². The second kappa shape index (κ2) is 7.53. The molecule has 0 atom stereocenters. The zero-order valence-corrected chi connectivity index (χ0v) is 15.3. The second-order valence-corrected chi connectivity index (χ2v) is 6.59. The summed E-state index contributed by atoms with van der Waals surface area (Å²) < 4.78 is 6.75. The maximum absolute atomic E-state index is 12.5. The standard InChI is InChI=1S/C19H18N2O4S/c1-3-25-19(24)16-10-14-8-9-26-18(14)21(16)11-17(23)20-15-6-4-13(5-7-15)12(2)22/h4-10H,3,11H2,1-2H3,(H,20,23). The van der Waals surface area contributed by atoms with E-state index in [2.05, 4.69) is 5.32 Å². The monoisotopic (exact) mass is 370 g/mol. The van der Waals surface area contributed by atoms with Crippen LogP contribution in [0.5, 0.6) is 0 Å². The van der Waals surface area contributed by atoms with Gasteiger partial charge in [0.2, 0.25) is 5.91 Å². The fraction of sp³-hybridized carbons (Fsp3) is 0.211. The van der Waals surface area contributed by atoms with Crippen molar-refractivity contribution in [2.24, 2.45) is 0 Å². The van der Waals surface area contributed by atoms with Crippen LogP contribution in [0.2, 0.25) is 0 Å². The number of anilines is 1. The predicted molar refractivity (Wildman–Crippen MR) is 101 cm³/mol. The third kappa shape index (κ3) is 3.67. The number of carbonyl (C=O) groups is 3. The Kier molecular flexibility index (Phi) is 5.18. The molecule has 0 aliphatic rings. The van der Waals surface area contributed by atoms with Crippen molar-refractivity contribution in [2.75, 3.05) is 11.9 Å². The van der Waals surface area contributed by atoms with Gasteiger partial charge < -0.3 is 14.6 Å². The van der Waals surface area contributed by atoms with Crippen molar-refractivity contribution in [3.63, 3.8) is 0 Å². The lowest BCUT2D eigenvalue weighted by Crippen LogP contribution is -2.21. The van der Waals surface area contributed by atoms with Gasteiger partial charge in [-0.25, -0.2) is 4.79 Å². The van der Waals surface area contributed by atoms with E-state index in [1.807, 2.05) is 11.4 Å². The fourth-order valence-corrected chi connectivity index (χ4v) is 3.54. The van der Waals surface area contributed by atoms with Crippen LogP contribution in [-0.4, -0.2) is 28.8 Å². The van der Waals surface area contributed by atoms with Crippen molar-refractivity contribution in [1.29, 1.82) is 0 Å². The SMILES string of the molecule is CCOC(=O)c1cc2ccsc2n1CC(=O)Nc1ccc(C(C)=O)cc1. The molecular formula is C19H18N2O4S. The summed E-state index contributed by atoms with van der Waals surface area (Å²) >= 11 is 1.46. The number of aromatic nitrogens is 1. The van der Waals surface area contributed by atoms with E-state index in [1.54, 1.807) is 41.8 Å². The number of hydrogen-bond acceptors (Lipinski definition) is 5. The summed E-state index contributed by atoms with van der Waals surface area (Å²) in [5.74, 6) is -0.749. The molecule has 134 valence electrons. The molecule has 0 radical (unpaired) electrons. The number of benzene rings is 1. The molecule has 0 spiro atoms. The Hall–Kier alpha value is -2.93. The highest BCUT2D eigenvalue weighted by Crippen LogP contribution is 2.26. The molecule has 0 fully saturated rings. The van der Waals surface area contributed by atoms with Gasteiger partial charge in [0.1, 0.15) is 17.1 Å².